The number of anilines is 3. The Morgan fingerprint density at radius 1 is 1.10 bits per heavy atom. The molecule has 112 valence electrons. The average Bonchev–Trinajstić information content (AvgIpc) is 2.43. The lowest BCUT2D eigenvalue weighted by Gasteiger charge is -2.12. The second kappa shape index (κ2) is 7.45. The summed E-state index contributed by atoms with van der Waals surface area (Å²) < 4.78 is 0. The van der Waals surface area contributed by atoms with Gasteiger partial charge in [0.1, 0.15) is 18.0 Å². The Bertz CT molecular complexity index is 583. The molecule has 0 amide bonds. The monoisotopic (exact) mass is 325 g/mol. The highest BCUT2D eigenvalue weighted by atomic mass is 35.5. The second-order valence-electron chi connectivity index (χ2n) is 4.74. The molecule has 0 saturated carbocycles. The molecule has 0 aliphatic rings. The number of halogens is 2. The number of hydrogen-bond acceptors (Lipinski definition) is 5. The van der Waals surface area contributed by atoms with Crippen molar-refractivity contribution in [2.24, 2.45) is 0 Å². The van der Waals surface area contributed by atoms with Gasteiger partial charge < -0.3 is 15.5 Å². The van der Waals surface area contributed by atoms with Crippen molar-refractivity contribution < 1.29 is 0 Å². The summed E-state index contributed by atoms with van der Waals surface area (Å²) in [6.07, 6.45) is 1.49. The Kier molecular flexibility index (Phi) is 5.61. The lowest BCUT2D eigenvalue weighted by molar-refractivity contribution is 0.425. The van der Waals surface area contributed by atoms with Crippen molar-refractivity contribution in [3.63, 3.8) is 0 Å². The normalized spacial score (nSPS) is 10.7. The van der Waals surface area contributed by atoms with E-state index in [1.165, 1.54) is 6.33 Å². The van der Waals surface area contributed by atoms with Crippen LogP contribution in [0, 0.1) is 0 Å². The average molecular weight is 326 g/mol. The summed E-state index contributed by atoms with van der Waals surface area (Å²) in [4.78, 5) is 10.4. The van der Waals surface area contributed by atoms with Gasteiger partial charge >= 0.3 is 0 Å². The Balaban J connectivity index is 2.07. The van der Waals surface area contributed by atoms with Crippen molar-refractivity contribution >= 4 is 40.5 Å². The summed E-state index contributed by atoms with van der Waals surface area (Å²) in [5.74, 6) is 1.38. The van der Waals surface area contributed by atoms with Crippen LogP contribution in [0.3, 0.4) is 0 Å². The van der Waals surface area contributed by atoms with E-state index in [2.05, 4.69) is 25.5 Å². The molecule has 1 aromatic carbocycles. The molecule has 0 aliphatic carbocycles. The van der Waals surface area contributed by atoms with Crippen LogP contribution in [0.15, 0.2) is 30.6 Å². The van der Waals surface area contributed by atoms with E-state index < -0.39 is 0 Å². The topological polar surface area (TPSA) is 53.1 Å². The SMILES string of the molecule is CN(C)CCNc1cc(Nc2c(Cl)cccc2Cl)ncn1. The molecule has 21 heavy (non-hydrogen) atoms. The van der Waals surface area contributed by atoms with Gasteiger partial charge in [-0.3, -0.25) is 0 Å². The van der Waals surface area contributed by atoms with E-state index in [0.29, 0.717) is 21.6 Å². The number of nitrogens with zero attached hydrogens (tertiary/aromatic N) is 3. The first kappa shape index (κ1) is 15.8. The van der Waals surface area contributed by atoms with Crippen LogP contribution in [-0.2, 0) is 0 Å². The zero-order chi connectivity index (χ0) is 15.2. The van der Waals surface area contributed by atoms with Crippen molar-refractivity contribution in [3.8, 4) is 0 Å². The van der Waals surface area contributed by atoms with Crippen molar-refractivity contribution in [2.45, 2.75) is 0 Å². The zero-order valence-electron chi connectivity index (χ0n) is 11.9. The third-order valence-corrected chi connectivity index (χ3v) is 3.38. The molecular formula is C14H17Cl2N5. The van der Waals surface area contributed by atoms with Crippen molar-refractivity contribution in [2.75, 3.05) is 37.8 Å². The minimum Gasteiger partial charge on any atom is -0.369 e. The van der Waals surface area contributed by atoms with Crippen LogP contribution in [-0.4, -0.2) is 42.1 Å². The molecule has 1 aromatic heterocycles. The predicted octanol–water partition coefficient (Wildman–Crippen LogP) is 3.50. The van der Waals surface area contributed by atoms with Gasteiger partial charge in [-0.2, -0.15) is 0 Å². The van der Waals surface area contributed by atoms with Crippen LogP contribution < -0.4 is 10.6 Å². The van der Waals surface area contributed by atoms with Crippen LogP contribution in [0.25, 0.3) is 0 Å². The fourth-order valence-electron chi connectivity index (χ4n) is 1.68. The third-order valence-electron chi connectivity index (χ3n) is 2.75. The van der Waals surface area contributed by atoms with E-state index in [4.69, 9.17) is 23.2 Å². The standard InChI is InChI=1S/C14H17Cl2N5/c1-21(2)7-6-17-12-8-13(19-9-18-12)20-14-10(15)4-3-5-11(14)16/h3-5,8-9H,6-7H2,1-2H3,(H2,17,18,19,20). The summed E-state index contributed by atoms with van der Waals surface area (Å²) in [5, 5.41) is 7.44. The fourth-order valence-corrected chi connectivity index (χ4v) is 2.17. The Morgan fingerprint density at radius 2 is 1.76 bits per heavy atom. The van der Waals surface area contributed by atoms with Gasteiger partial charge in [0.25, 0.3) is 0 Å². The van der Waals surface area contributed by atoms with E-state index in [-0.39, 0.29) is 0 Å². The van der Waals surface area contributed by atoms with E-state index >= 15 is 0 Å². The van der Waals surface area contributed by atoms with Gasteiger partial charge in [0.05, 0.1) is 15.7 Å². The van der Waals surface area contributed by atoms with Crippen LogP contribution in [0.4, 0.5) is 17.3 Å². The first-order valence-corrected chi connectivity index (χ1v) is 7.23. The number of para-hydroxylation sites is 1. The van der Waals surface area contributed by atoms with E-state index in [1.807, 2.05) is 20.2 Å². The number of nitrogens with one attached hydrogen (secondary N) is 2. The molecule has 0 unspecified atom stereocenters. The fraction of sp³-hybridized carbons (Fsp3) is 0.286. The van der Waals surface area contributed by atoms with Crippen molar-refractivity contribution in [3.05, 3.63) is 40.6 Å². The molecule has 7 heteroatoms. The highest BCUT2D eigenvalue weighted by Crippen LogP contribution is 2.32. The zero-order valence-corrected chi connectivity index (χ0v) is 13.4. The number of benzene rings is 1. The van der Waals surface area contributed by atoms with Crippen LogP contribution in [0.2, 0.25) is 10.0 Å². The Morgan fingerprint density at radius 3 is 2.43 bits per heavy atom. The smallest absolute Gasteiger partial charge is 0.135 e. The lowest BCUT2D eigenvalue weighted by atomic mass is 10.3. The maximum atomic E-state index is 6.13. The van der Waals surface area contributed by atoms with Crippen molar-refractivity contribution in [1.29, 1.82) is 0 Å². The Labute approximate surface area is 134 Å². The maximum absolute atomic E-state index is 6.13. The quantitative estimate of drug-likeness (QED) is 0.851. The number of likely N-dealkylation sites (N-methyl/N-ethyl adjacent to an activating group) is 1. The van der Waals surface area contributed by atoms with Gasteiger partial charge in [0, 0.05) is 19.2 Å². The highest BCUT2D eigenvalue weighted by molar-refractivity contribution is 6.39. The minimum absolute atomic E-state index is 0.545. The third kappa shape index (κ3) is 4.74. The number of rotatable bonds is 6. The maximum Gasteiger partial charge on any atom is 0.135 e. The first-order valence-electron chi connectivity index (χ1n) is 6.48. The minimum atomic E-state index is 0.545. The van der Waals surface area contributed by atoms with Gasteiger partial charge in [-0.1, -0.05) is 29.3 Å². The molecule has 0 atom stereocenters. The molecule has 0 radical (unpaired) electrons. The molecule has 0 aliphatic heterocycles. The lowest BCUT2D eigenvalue weighted by Crippen LogP contribution is -2.21. The molecule has 2 aromatic rings. The molecule has 0 spiro atoms. The summed E-state index contributed by atoms with van der Waals surface area (Å²) in [6.45, 7) is 1.72. The van der Waals surface area contributed by atoms with Gasteiger partial charge in [-0.15, -0.1) is 0 Å². The molecule has 0 fully saturated rings. The molecule has 0 bridgehead atoms. The second-order valence-corrected chi connectivity index (χ2v) is 5.55. The highest BCUT2D eigenvalue weighted by Gasteiger charge is 2.07. The summed E-state index contributed by atoms with van der Waals surface area (Å²) in [5.41, 5.74) is 0.638. The number of aromatic nitrogens is 2. The Hall–Kier alpha value is -1.56. The molecule has 2 N–H and O–H groups in total. The first-order chi connectivity index (χ1) is 10.1. The van der Waals surface area contributed by atoms with E-state index in [1.54, 1.807) is 18.2 Å². The largest absolute Gasteiger partial charge is 0.369 e. The van der Waals surface area contributed by atoms with Crippen LogP contribution in [0.5, 0.6) is 0 Å². The molecule has 5 nitrogen and oxygen atoms in total. The summed E-state index contributed by atoms with van der Waals surface area (Å²) in [6, 6.07) is 7.15. The van der Waals surface area contributed by atoms with Crippen LogP contribution in [0.1, 0.15) is 0 Å². The number of hydrogen-bond donors (Lipinski definition) is 2. The molecule has 1 heterocycles. The molecule has 0 saturated heterocycles. The van der Waals surface area contributed by atoms with Gasteiger partial charge in [0.2, 0.25) is 0 Å². The van der Waals surface area contributed by atoms with Crippen LogP contribution >= 0.6 is 23.2 Å². The van der Waals surface area contributed by atoms with E-state index in [0.717, 1.165) is 18.9 Å². The predicted molar refractivity (Wildman–Crippen MR) is 88.8 cm³/mol. The van der Waals surface area contributed by atoms with Gasteiger partial charge in [-0.05, 0) is 26.2 Å². The molecule has 2 rings (SSSR count). The van der Waals surface area contributed by atoms with Gasteiger partial charge in [-0.25, -0.2) is 9.97 Å². The summed E-state index contributed by atoms with van der Waals surface area (Å²) in [7, 11) is 4.04. The van der Waals surface area contributed by atoms with Crippen molar-refractivity contribution in [1.82, 2.24) is 14.9 Å². The van der Waals surface area contributed by atoms with Gasteiger partial charge in [0.15, 0.2) is 0 Å². The van der Waals surface area contributed by atoms with E-state index in [9.17, 15) is 0 Å². The summed E-state index contributed by atoms with van der Waals surface area (Å²) >= 11 is 12.3. The molecular weight excluding hydrogens is 309 g/mol.